The molecule has 3 aromatic carbocycles. The van der Waals surface area contributed by atoms with Crippen LogP contribution >= 0.6 is 23.2 Å². The Morgan fingerprint density at radius 1 is 1.03 bits per heavy atom. The minimum Gasteiger partial charge on any atom is -0.478 e. The molecule has 0 aliphatic heterocycles. The number of rotatable bonds is 8. The zero-order valence-corrected chi connectivity index (χ0v) is 20.1. The highest BCUT2D eigenvalue weighted by Gasteiger charge is 2.27. The van der Waals surface area contributed by atoms with Crippen molar-refractivity contribution >= 4 is 57.0 Å². The third-order valence-corrected chi connectivity index (χ3v) is 6.84. The summed E-state index contributed by atoms with van der Waals surface area (Å²) in [7, 11) is -4.17. The van der Waals surface area contributed by atoms with Gasteiger partial charge in [0.15, 0.2) is 0 Å². The van der Waals surface area contributed by atoms with Crippen LogP contribution in [0.3, 0.4) is 0 Å². The van der Waals surface area contributed by atoms with Crippen molar-refractivity contribution in [2.24, 2.45) is 5.10 Å². The molecule has 0 spiro atoms. The third-order valence-electron chi connectivity index (χ3n) is 4.62. The van der Waals surface area contributed by atoms with Crippen LogP contribution in [-0.4, -0.2) is 38.2 Å². The fourth-order valence-electron chi connectivity index (χ4n) is 2.98. The van der Waals surface area contributed by atoms with E-state index in [9.17, 15) is 23.1 Å². The zero-order chi connectivity index (χ0) is 24.9. The van der Waals surface area contributed by atoms with Crippen LogP contribution < -0.4 is 9.73 Å². The number of carbonyl (C=O) groups excluding carboxylic acids is 1. The highest BCUT2D eigenvalue weighted by atomic mass is 35.5. The SMILES string of the molecule is Cc1ccc(S(=O)(=O)N(CC(=O)N/N=C/c2ccccc2C(=O)O)c2cc(Cl)cc(Cl)c2)cc1. The molecule has 2 N–H and O–H groups in total. The standard InChI is InChI=1S/C23H19Cl2N3O5S/c1-15-6-8-20(9-7-15)34(32,33)28(19-11-17(24)10-18(25)12-19)14-22(29)27-26-13-16-4-2-3-5-21(16)23(30)31/h2-13H,14H2,1H3,(H,27,29)(H,30,31)/b26-13+. The van der Waals surface area contributed by atoms with Gasteiger partial charge in [-0.1, -0.05) is 59.1 Å². The summed E-state index contributed by atoms with van der Waals surface area (Å²) >= 11 is 12.1. The fourth-order valence-corrected chi connectivity index (χ4v) is 4.90. The second-order valence-electron chi connectivity index (χ2n) is 7.14. The first kappa shape index (κ1) is 25.2. The molecule has 0 unspecified atom stereocenters. The second kappa shape index (κ2) is 10.7. The summed E-state index contributed by atoms with van der Waals surface area (Å²) in [4.78, 5) is 23.9. The van der Waals surface area contributed by atoms with Crippen LogP contribution in [0.1, 0.15) is 21.5 Å². The lowest BCUT2D eigenvalue weighted by atomic mass is 10.1. The molecule has 11 heteroatoms. The molecule has 3 rings (SSSR count). The van der Waals surface area contributed by atoms with E-state index in [4.69, 9.17) is 23.2 Å². The number of carbonyl (C=O) groups is 2. The molecule has 0 bridgehead atoms. The van der Waals surface area contributed by atoms with Gasteiger partial charge in [-0.3, -0.25) is 9.10 Å². The van der Waals surface area contributed by atoms with E-state index >= 15 is 0 Å². The summed E-state index contributed by atoms with van der Waals surface area (Å²) in [5.41, 5.74) is 3.44. The summed E-state index contributed by atoms with van der Waals surface area (Å²) in [6.07, 6.45) is 1.16. The second-order valence-corrected chi connectivity index (χ2v) is 9.87. The van der Waals surface area contributed by atoms with Crippen LogP contribution in [0.25, 0.3) is 0 Å². The molecule has 0 aliphatic rings. The highest BCUT2D eigenvalue weighted by Crippen LogP contribution is 2.29. The number of aryl methyl sites for hydroxylation is 1. The number of benzene rings is 3. The van der Waals surface area contributed by atoms with Gasteiger partial charge in [-0.2, -0.15) is 5.10 Å². The van der Waals surface area contributed by atoms with Gasteiger partial charge in [0.25, 0.3) is 15.9 Å². The summed E-state index contributed by atoms with van der Waals surface area (Å²) in [6, 6.07) is 16.4. The normalized spacial score (nSPS) is 11.4. The number of halogens is 2. The maximum atomic E-state index is 13.4. The number of amides is 1. The monoisotopic (exact) mass is 519 g/mol. The van der Waals surface area contributed by atoms with Crippen LogP contribution in [0.4, 0.5) is 5.69 Å². The van der Waals surface area contributed by atoms with Crippen LogP contribution in [0.15, 0.2) is 76.7 Å². The number of carboxylic acids is 1. The summed E-state index contributed by atoms with van der Waals surface area (Å²) < 4.78 is 27.6. The molecule has 0 radical (unpaired) electrons. The van der Waals surface area contributed by atoms with Crippen molar-refractivity contribution in [2.75, 3.05) is 10.8 Å². The Balaban J connectivity index is 1.89. The van der Waals surface area contributed by atoms with Crippen molar-refractivity contribution in [2.45, 2.75) is 11.8 Å². The van der Waals surface area contributed by atoms with Gasteiger partial charge in [-0.25, -0.2) is 18.6 Å². The van der Waals surface area contributed by atoms with Crippen molar-refractivity contribution in [3.05, 3.63) is 93.5 Å². The van der Waals surface area contributed by atoms with Gasteiger partial charge in [0, 0.05) is 15.6 Å². The highest BCUT2D eigenvalue weighted by molar-refractivity contribution is 7.92. The van der Waals surface area contributed by atoms with E-state index in [1.54, 1.807) is 24.3 Å². The Morgan fingerprint density at radius 2 is 1.65 bits per heavy atom. The molecule has 0 atom stereocenters. The lowest BCUT2D eigenvalue weighted by Crippen LogP contribution is -2.39. The predicted molar refractivity (Wildman–Crippen MR) is 131 cm³/mol. The molecule has 8 nitrogen and oxygen atoms in total. The van der Waals surface area contributed by atoms with Gasteiger partial charge >= 0.3 is 5.97 Å². The van der Waals surface area contributed by atoms with E-state index in [0.717, 1.165) is 16.1 Å². The van der Waals surface area contributed by atoms with E-state index in [1.165, 1.54) is 42.5 Å². The number of aromatic carboxylic acids is 1. The molecule has 0 saturated heterocycles. The average molecular weight is 520 g/mol. The quantitative estimate of drug-likeness (QED) is 0.339. The van der Waals surface area contributed by atoms with Gasteiger partial charge in [0.05, 0.1) is 22.4 Å². The molecule has 0 saturated carbocycles. The molecule has 176 valence electrons. The third kappa shape index (κ3) is 6.13. The smallest absolute Gasteiger partial charge is 0.336 e. The van der Waals surface area contributed by atoms with Gasteiger partial charge in [-0.15, -0.1) is 0 Å². The van der Waals surface area contributed by atoms with Crippen LogP contribution in [0.2, 0.25) is 10.0 Å². The van der Waals surface area contributed by atoms with Crippen LogP contribution in [-0.2, 0) is 14.8 Å². The predicted octanol–water partition coefficient (Wildman–Crippen LogP) is 4.35. The molecule has 0 fully saturated rings. The van der Waals surface area contributed by atoms with Crippen LogP contribution in [0, 0.1) is 6.92 Å². The number of hydrazone groups is 1. The first-order valence-electron chi connectivity index (χ1n) is 9.77. The van der Waals surface area contributed by atoms with E-state index in [2.05, 4.69) is 10.5 Å². The lowest BCUT2D eigenvalue weighted by Gasteiger charge is -2.24. The number of hydrogen-bond donors (Lipinski definition) is 2. The molecule has 0 aromatic heterocycles. The number of carboxylic acid groups (broad SMARTS) is 1. The first-order valence-corrected chi connectivity index (χ1v) is 12.0. The lowest BCUT2D eigenvalue weighted by molar-refractivity contribution is -0.119. The summed E-state index contributed by atoms with van der Waals surface area (Å²) in [5, 5.41) is 13.4. The number of nitrogens with one attached hydrogen (secondary N) is 1. The Morgan fingerprint density at radius 3 is 2.26 bits per heavy atom. The number of sulfonamides is 1. The fraction of sp³-hybridized carbons (Fsp3) is 0.0870. The van der Waals surface area contributed by atoms with E-state index < -0.39 is 28.4 Å². The summed E-state index contributed by atoms with van der Waals surface area (Å²) in [5.74, 6) is -1.92. The maximum absolute atomic E-state index is 13.4. The Labute approximate surface area is 206 Å². The molecule has 1 amide bonds. The topological polar surface area (TPSA) is 116 Å². The number of hydrogen-bond acceptors (Lipinski definition) is 5. The van der Waals surface area contributed by atoms with E-state index in [1.807, 2.05) is 6.92 Å². The Hall–Kier alpha value is -3.40. The minimum atomic E-state index is -4.17. The van der Waals surface area contributed by atoms with Gasteiger partial charge < -0.3 is 5.11 Å². The van der Waals surface area contributed by atoms with Crippen molar-refractivity contribution in [1.29, 1.82) is 0 Å². The molecular formula is C23H19Cl2N3O5S. The number of nitrogens with zero attached hydrogens (tertiary/aromatic N) is 2. The van der Waals surface area contributed by atoms with Gasteiger partial charge in [0.2, 0.25) is 0 Å². The first-order chi connectivity index (χ1) is 16.1. The van der Waals surface area contributed by atoms with Crippen molar-refractivity contribution in [1.82, 2.24) is 5.43 Å². The number of anilines is 1. The van der Waals surface area contributed by atoms with Crippen molar-refractivity contribution < 1.29 is 23.1 Å². The molecule has 3 aromatic rings. The van der Waals surface area contributed by atoms with Gasteiger partial charge in [0.1, 0.15) is 6.54 Å². The largest absolute Gasteiger partial charge is 0.478 e. The average Bonchev–Trinajstić information content (AvgIpc) is 2.77. The Kier molecular flexibility index (Phi) is 7.93. The molecule has 34 heavy (non-hydrogen) atoms. The molecule has 0 heterocycles. The maximum Gasteiger partial charge on any atom is 0.336 e. The van der Waals surface area contributed by atoms with Crippen molar-refractivity contribution in [3.63, 3.8) is 0 Å². The van der Waals surface area contributed by atoms with Crippen molar-refractivity contribution in [3.8, 4) is 0 Å². The zero-order valence-electron chi connectivity index (χ0n) is 17.8. The van der Waals surface area contributed by atoms with E-state index in [0.29, 0.717) is 0 Å². The minimum absolute atomic E-state index is 0.00218. The van der Waals surface area contributed by atoms with Gasteiger partial charge in [-0.05, 0) is 43.3 Å². The molecule has 0 aliphatic carbocycles. The Bertz CT molecular complexity index is 1340. The van der Waals surface area contributed by atoms with Crippen LogP contribution in [0.5, 0.6) is 0 Å². The van der Waals surface area contributed by atoms with E-state index in [-0.39, 0.29) is 31.8 Å². The summed E-state index contributed by atoms with van der Waals surface area (Å²) in [6.45, 7) is 1.18. The molecular weight excluding hydrogens is 501 g/mol.